The smallest absolute Gasteiger partial charge is 0.293 e. The normalized spacial score (nSPS) is 15.6. The molecule has 2 aromatic rings. The fraction of sp³-hybridized carbons (Fsp3) is 0.190. The second-order valence-electron chi connectivity index (χ2n) is 6.96. The van der Waals surface area contributed by atoms with E-state index in [9.17, 15) is 22.8 Å². The Labute approximate surface area is 195 Å². The zero-order chi connectivity index (χ0) is 23.5. The Morgan fingerprint density at radius 2 is 1.84 bits per heavy atom. The molecule has 0 aromatic heterocycles. The maximum absolute atomic E-state index is 12.6. The Balaban J connectivity index is 1.62. The van der Waals surface area contributed by atoms with Gasteiger partial charge in [-0.05, 0) is 53.7 Å². The van der Waals surface area contributed by atoms with Crippen molar-refractivity contribution in [2.24, 2.45) is 0 Å². The molecule has 1 N–H and O–H groups in total. The van der Waals surface area contributed by atoms with E-state index in [4.69, 9.17) is 11.6 Å². The summed E-state index contributed by atoms with van der Waals surface area (Å²) in [5.74, 6) is -0.951. The van der Waals surface area contributed by atoms with Crippen molar-refractivity contribution in [2.45, 2.75) is 4.90 Å². The van der Waals surface area contributed by atoms with E-state index in [-0.39, 0.29) is 28.5 Å². The molecule has 0 atom stereocenters. The first-order valence-corrected chi connectivity index (χ1v) is 12.0. The molecule has 11 heteroatoms. The minimum Gasteiger partial charge on any atom is -0.350 e. The first-order chi connectivity index (χ1) is 15.1. The van der Waals surface area contributed by atoms with Gasteiger partial charge in [-0.2, -0.15) is 0 Å². The lowest BCUT2D eigenvalue weighted by atomic mass is 10.2. The molecule has 0 radical (unpaired) electrons. The molecular weight excluding hydrogens is 474 g/mol. The van der Waals surface area contributed by atoms with E-state index in [1.165, 1.54) is 38.4 Å². The molecule has 1 fully saturated rings. The van der Waals surface area contributed by atoms with Crippen LogP contribution in [-0.2, 0) is 14.8 Å². The standard InChI is InChI=1S/C21H20ClN3O5S2/c1-24(2)32(29,30)17-5-3-4-15(13-17)19(26)23-10-11-25-20(27)18(31-21(25)28)12-14-6-8-16(22)9-7-14/h3-9,12-13H,10-11H2,1-2H3,(H,23,26)/b18-12+. The van der Waals surface area contributed by atoms with Crippen LogP contribution in [0.25, 0.3) is 6.08 Å². The van der Waals surface area contributed by atoms with Gasteiger partial charge in [-0.1, -0.05) is 29.8 Å². The Morgan fingerprint density at radius 1 is 1.16 bits per heavy atom. The highest BCUT2D eigenvalue weighted by Gasteiger charge is 2.34. The van der Waals surface area contributed by atoms with Crippen molar-refractivity contribution in [3.63, 3.8) is 0 Å². The number of benzene rings is 2. The maximum atomic E-state index is 12.6. The summed E-state index contributed by atoms with van der Waals surface area (Å²) in [6, 6.07) is 12.5. The molecule has 1 saturated heterocycles. The van der Waals surface area contributed by atoms with Gasteiger partial charge in [0, 0.05) is 37.8 Å². The van der Waals surface area contributed by atoms with Crippen molar-refractivity contribution in [1.29, 1.82) is 0 Å². The fourth-order valence-corrected chi connectivity index (χ4v) is 4.73. The molecule has 1 heterocycles. The predicted octanol–water partition coefficient (Wildman–Crippen LogP) is 3.06. The van der Waals surface area contributed by atoms with Crippen LogP contribution in [0.3, 0.4) is 0 Å². The van der Waals surface area contributed by atoms with Gasteiger partial charge >= 0.3 is 0 Å². The first kappa shape index (κ1) is 24.0. The van der Waals surface area contributed by atoms with Crippen LogP contribution in [0.2, 0.25) is 5.02 Å². The van der Waals surface area contributed by atoms with Crippen LogP contribution >= 0.6 is 23.4 Å². The number of nitrogens with zero attached hydrogens (tertiary/aromatic N) is 2. The highest BCUT2D eigenvalue weighted by atomic mass is 35.5. The molecule has 1 aliphatic heterocycles. The zero-order valence-electron chi connectivity index (χ0n) is 17.2. The second-order valence-corrected chi connectivity index (χ2v) is 10.5. The number of carbonyl (C=O) groups is 3. The Bertz CT molecular complexity index is 1190. The minimum absolute atomic E-state index is 0.00609. The van der Waals surface area contributed by atoms with Gasteiger partial charge in [-0.15, -0.1) is 0 Å². The summed E-state index contributed by atoms with van der Waals surface area (Å²) >= 11 is 6.68. The molecule has 168 valence electrons. The summed E-state index contributed by atoms with van der Waals surface area (Å²) in [6.45, 7) is 0.0137. The minimum atomic E-state index is -3.68. The van der Waals surface area contributed by atoms with Gasteiger partial charge in [-0.25, -0.2) is 12.7 Å². The molecule has 3 amide bonds. The number of hydrogen-bond donors (Lipinski definition) is 1. The number of imide groups is 1. The van der Waals surface area contributed by atoms with E-state index in [0.717, 1.165) is 26.5 Å². The first-order valence-electron chi connectivity index (χ1n) is 9.41. The van der Waals surface area contributed by atoms with Gasteiger partial charge in [0.2, 0.25) is 10.0 Å². The van der Waals surface area contributed by atoms with Crippen molar-refractivity contribution in [3.8, 4) is 0 Å². The second kappa shape index (κ2) is 9.86. The van der Waals surface area contributed by atoms with Gasteiger partial charge in [0.15, 0.2) is 0 Å². The third-order valence-electron chi connectivity index (χ3n) is 4.54. The topological polar surface area (TPSA) is 104 Å². The molecule has 0 bridgehead atoms. The third kappa shape index (κ3) is 5.39. The van der Waals surface area contributed by atoms with Crippen molar-refractivity contribution < 1.29 is 22.8 Å². The molecule has 0 spiro atoms. The number of carbonyl (C=O) groups excluding carboxylic acids is 3. The number of amides is 3. The summed E-state index contributed by atoms with van der Waals surface area (Å²) in [6.07, 6.45) is 1.61. The van der Waals surface area contributed by atoms with E-state index in [0.29, 0.717) is 5.02 Å². The van der Waals surface area contributed by atoms with Crippen LogP contribution in [-0.4, -0.2) is 61.9 Å². The quantitative estimate of drug-likeness (QED) is 0.594. The summed E-state index contributed by atoms with van der Waals surface area (Å²) in [5.41, 5.74) is 0.894. The lowest BCUT2D eigenvalue weighted by Gasteiger charge is -2.14. The zero-order valence-corrected chi connectivity index (χ0v) is 19.6. The van der Waals surface area contributed by atoms with E-state index in [2.05, 4.69) is 5.32 Å². The van der Waals surface area contributed by atoms with Crippen LogP contribution in [0.15, 0.2) is 58.3 Å². The Kier molecular flexibility index (Phi) is 7.40. The largest absolute Gasteiger partial charge is 0.350 e. The highest BCUT2D eigenvalue weighted by molar-refractivity contribution is 8.18. The summed E-state index contributed by atoms with van der Waals surface area (Å²) < 4.78 is 25.5. The van der Waals surface area contributed by atoms with Crippen molar-refractivity contribution in [1.82, 2.24) is 14.5 Å². The summed E-state index contributed by atoms with van der Waals surface area (Å²) in [4.78, 5) is 38.5. The van der Waals surface area contributed by atoms with Gasteiger partial charge in [0.05, 0.1) is 9.80 Å². The third-order valence-corrected chi connectivity index (χ3v) is 7.51. The maximum Gasteiger partial charge on any atom is 0.293 e. The van der Waals surface area contributed by atoms with Gasteiger partial charge in [0.25, 0.3) is 17.1 Å². The lowest BCUT2D eigenvalue weighted by molar-refractivity contribution is -0.122. The molecule has 0 unspecified atom stereocenters. The van der Waals surface area contributed by atoms with Crippen LogP contribution in [0.1, 0.15) is 15.9 Å². The molecule has 0 aliphatic carbocycles. The van der Waals surface area contributed by atoms with Crippen LogP contribution in [0.5, 0.6) is 0 Å². The number of thioether (sulfide) groups is 1. The van der Waals surface area contributed by atoms with Crippen molar-refractivity contribution in [3.05, 3.63) is 69.6 Å². The molecular formula is C21H20ClN3O5S2. The van der Waals surface area contributed by atoms with Crippen molar-refractivity contribution >= 4 is 56.5 Å². The van der Waals surface area contributed by atoms with E-state index >= 15 is 0 Å². The average Bonchev–Trinajstić information content (AvgIpc) is 3.02. The Morgan fingerprint density at radius 3 is 2.50 bits per heavy atom. The van der Waals surface area contributed by atoms with Crippen LogP contribution < -0.4 is 5.32 Å². The number of halogens is 1. The lowest BCUT2D eigenvalue weighted by Crippen LogP contribution is -2.37. The monoisotopic (exact) mass is 493 g/mol. The van der Waals surface area contributed by atoms with E-state index in [1.54, 1.807) is 30.3 Å². The van der Waals surface area contributed by atoms with E-state index < -0.39 is 27.1 Å². The van der Waals surface area contributed by atoms with E-state index in [1.807, 2.05) is 0 Å². The molecule has 8 nitrogen and oxygen atoms in total. The number of rotatable bonds is 7. The van der Waals surface area contributed by atoms with Crippen LogP contribution in [0, 0.1) is 0 Å². The number of hydrogen-bond acceptors (Lipinski definition) is 6. The molecule has 2 aromatic carbocycles. The fourth-order valence-electron chi connectivity index (χ4n) is 2.80. The summed E-state index contributed by atoms with van der Waals surface area (Å²) in [7, 11) is -0.871. The molecule has 1 aliphatic rings. The summed E-state index contributed by atoms with van der Waals surface area (Å²) in [5, 5.41) is 2.75. The van der Waals surface area contributed by atoms with Gasteiger partial charge < -0.3 is 5.32 Å². The van der Waals surface area contributed by atoms with Gasteiger partial charge in [0.1, 0.15) is 0 Å². The highest BCUT2D eigenvalue weighted by Crippen LogP contribution is 2.32. The average molecular weight is 494 g/mol. The molecule has 3 rings (SSSR count). The SMILES string of the molecule is CN(C)S(=O)(=O)c1cccc(C(=O)NCCN2C(=O)S/C(=C/c3ccc(Cl)cc3)C2=O)c1. The molecule has 0 saturated carbocycles. The van der Waals surface area contributed by atoms with Crippen LogP contribution in [0.4, 0.5) is 4.79 Å². The Hall–Kier alpha value is -2.66. The van der Waals surface area contributed by atoms with Gasteiger partial charge in [-0.3, -0.25) is 19.3 Å². The molecule has 32 heavy (non-hydrogen) atoms. The predicted molar refractivity (Wildman–Crippen MR) is 124 cm³/mol. The van der Waals surface area contributed by atoms with Crippen molar-refractivity contribution in [2.75, 3.05) is 27.2 Å². The number of sulfonamides is 1. The number of nitrogens with one attached hydrogen (secondary N) is 1.